The van der Waals surface area contributed by atoms with Crippen molar-refractivity contribution in [3.63, 3.8) is 0 Å². The standard InChI is InChI=1S/C27H29Cl2N3O6S2/c1-17(23-10-11-24(38-2)26(29)25(23)28)30-27(33)31-21-6-8-22(9-7-21)40(36,37)16-18-4-5-20-15-32(39(3,34)35)13-12-19(20)14-18/h4-11,14,17H,12-13,15-16H2,1-3H3,(H2,30,31,33). The molecular weight excluding hydrogens is 597 g/mol. The lowest BCUT2D eigenvalue weighted by Gasteiger charge is -2.27. The Hall–Kier alpha value is -2.83. The molecule has 13 heteroatoms. The largest absolute Gasteiger partial charge is 0.495 e. The van der Waals surface area contributed by atoms with Gasteiger partial charge < -0.3 is 15.4 Å². The maximum Gasteiger partial charge on any atom is 0.319 e. The zero-order chi connectivity index (χ0) is 29.2. The number of carbonyl (C=O) groups is 1. The molecule has 0 bridgehead atoms. The number of ether oxygens (including phenoxy) is 1. The van der Waals surface area contributed by atoms with Crippen molar-refractivity contribution in [3.8, 4) is 5.75 Å². The van der Waals surface area contributed by atoms with Gasteiger partial charge in [0.05, 0.1) is 35.1 Å². The Balaban J connectivity index is 1.38. The van der Waals surface area contributed by atoms with Gasteiger partial charge in [-0.25, -0.2) is 21.6 Å². The molecular formula is C27H29Cl2N3O6S2. The zero-order valence-corrected chi connectivity index (χ0v) is 25.2. The van der Waals surface area contributed by atoms with E-state index in [1.54, 1.807) is 31.2 Å². The van der Waals surface area contributed by atoms with E-state index in [4.69, 9.17) is 27.9 Å². The Kier molecular flexibility index (Phi) is 9.01. The number of benzene rings is 3. The number of nitrogens with one attached hydrogen (secondary N) is 2. The smallest absolute Gasteiger partial charge is 0.319 e. The van der Waals surface area contributed by atoms with Crippen LogP contribution in [0.5, 0.6) is 5.75 Å². The highest BCUT2D eigenvalue weighted by molar-refractivity contribution is 7.90. The fraction of sp³-hybridized carbons (Fsp3) is 0.296. The fourth-order valence-electron chi connectivity index (χ4n) is 4.48. The minimum absolute atomic E-state index is 0.118. The Labute approximate surface area is 244 Å². The molecule has 1 atom stereocenters. The van der Waals surface area contributed by atoms with E-state index in [0.29, 0.717) is 35.5 Å². The van der Waals surface area contributed by atoms with Gasteiger partial charge in [-0.1, -0.05) is 47.5 Å². The van der Waals surface area contributed by atoms with E-state index in [1.807, 2.05) is 6.07 Å². The van der Waals surface area contributed by atoms with Crippen molar-refractivity contribution in [2.45, 2.75) is 36.6 Å². The number of carbonyl (C=O) groups excluding carboxylic acids is 1. The third kappa shape index (κ3) is 6.90. The summed E-state index contributed by atoms with van der Waals surface area (Å²) in [5, 5.41) is 5.99. The third-order valence-electron chi connectivity index (χ3n) is 6.66. The van der Waals surface area contributed by atoms with Gasteiger partial charge in [-0.15, -0.1) is 0 Å². The Morgan fingerprint density at radius 1 is 1.00 bits per heavy atom. The summed E-state index contributed by atoms with van der Waals surface area (Å²) in [6.07, 6.45) is 1.71. The number of anilines is 1. The van der Waals surface area contributed by atoms with Crippen molar-refractivity contribution in [1.29, 1.82) is 0 Å². The summed E-state index contributed by atoms with van der Waals surface area (Å²) in [6, 6.07) is 13.6. The number of fused-ring (bicyclic) bond motifs is 1. The zero-order valence-electron chi connectivity index (χ0n) is 22.1. The highest BCUT2D eigenvalue weighted by atomic mass is 35.5. The molecule has 0 radical (unpaired) electrons. The molecule has 0 saturated heterocycles. The SMILES string of the molecule is COc1ccc(C(C)NC(=O)Nc2ccc(S(=O)(=O)Cc3ccc4c(c3)CCN(S(C)(=O)=O)C4)cc2)c(Cl)c1Cl. The van der Waals surface area contributed by atoms with Crippen molar-refractivity contribution >= 4 is 54.8 Å². The number of nitrogens with zero attached hydrogens (tertiary/aromatic N) is 1. The van der Waals surface area contributed by atoms with E-state index in [0.717, 1.165) is 11.1 Å². The third-order valence-corrected chi connectivity index (χ3v) is 10.5. The molecule has 1 heterocycles. The molecule has 1 aliphatic rings. The minimum atomic E-state index is -3.66. The van der Waals surface area contributed by atoms with Gasteiger partial charge in [-0.2, -0.15) is 4.31 Å². The monoisotopic (exact) mass is 625 g/mol. The topological polar surface area (TPSA) is 122 Å². The van der Waals surface area contributed by atoms with Crippen LogP contribution in [0.15, 0.2) is 59.5 Å². The van der Waals surface area contributed by atoms with Crippen LogP contribution in [0, 0.1) is 0 Å². The van der Waals surface area contributed by atoms with Crippen molar-refractivity contribution in [2.24, 2.45) is 0 Å². The van der Waals surface area contributed by atoms with E-state index in [1.165, 1.54) is 41.9 Å². The molecule has 2 amide bonds. The number of hydrogen-bond donors (Lipinski definition) is 2. The average Bonchev–Trinajstić information content (AvgIpc) is 2.89. The van der Waals surface area contributed by atoms with E-state index < -0.39 is 31.9 Å². The first-order chi connectivity index (χ1) is 18.8. The number of sulfonamides is 1. The van der Waals surface area contributed by atoms with Gasteiger partial charge >= 0.3 is 6.03 Å². The first-order valence-electron chi connectivity index (χ1n) is 12.3. The summed E-state index contributed by atoms with van der Waals surface area (Å²) in [4.78, 5) is 12.7. The van der Waals surface area contributed by atoms with Crippen LogP contribution in [-0.4, -0.2) is 47.1 Å². The lowest BCUT2D eigenvalue weighted by atomic mass is 9.99. The molecule has 0 aliphatic carbocycles. The van der Waals surface area contributed by atoms with Gasteiger partial charge in [0.15, 0.2) is 9.84 Å². The van der Waals surface area contributed by atoms with Gasteiger partial charge in [0.1, 0.15) is 10.8 Å². The molecule has 4 rings (SSSR count). The Morgan fingerprint density at radius 3 is 2.35 bits per heavy atom. The molecule has 0 saturated carbocycles. The van der Waals surface area contributed by atoms with Gasteiger partial charge in [-0.3, -0.25) is 0 Å². The van der Waals surface area contributed by atoms with E-state index in [9.17, 15) is 21.6 Å². The minimum Gasteiger partial charge on any atom is -0.495 e. The second kappa shape index (κ2) is 12.0. The number of hydrogen-bond acceptors (Lipinski definition) is 6. The summed E-state index contributed by atoms with van der Waals surface area (Å²) in [6.45, 7) is 2.40. The number of amides is 2. The predicted molar refractivity (Wildman–Crippen MR) is 156 cm³/mol. The van der Waals surface area contributed by atoms with E-state index in [-0.39, 0.29) is 27.2 Å². The first kappa shape index (κ1) is 30.1. The molecule has 40 heavy (non-hydrogen) atoms. The second-order valence-electron chi connectivity index (χ2n) is 9.54. The highest BCUT2D eigenvalue weighted by Gasteiger charge is 2.24. The highest BCUT2D eigenvalue weighted by Crippen LogP contribution is 2.37. The van der Waals surface area contributed by atoms with Gasteiger partial charge in [-0.05, 0) is 65.9 Å². The normalized spacial score (nSPS) is 14.7. The summed E-state index contributed by atoms with van der Waals surface area (Å²) in [5.41, 5.74) is 3.47. The van der Waals surface area contributed by atoms with Crippen LogP contribution >= 0.6 is 23.2 Å². The number of urea groups is 1. The molecule has 0 fully saturated rings. The van der Waals surface area contributed by atoms with Crippen LogP contribution in [0.25, 0.3) is 0 Å². The van der Waals surface area contributed by atoms with Gasteiger partial charge in [0.25, 0.3) is 0 Å². The Bertz CT molecular complexity index is 1650. The summed E-state index contributed by atoms with van der Waals surface area (Å²) >= 11 is 12.5. The summed E-state index contributed by atoms with van der Waals surface area (Å²) < 4.78 is 56.4. The molecule has 214 valence electrons. The maximum absolute atomic E-state index is 13.1. The maximum atomic E-state index is 13.1. The predicted octanol–water partition coefficient (Wildman–Crippen LogP) is 5.18. The quantitative estimate of drug-likeness (QED) is 0.356. The van der Waals surface area contributed by atoms with Crippen LogP contribution in [0.4, 0.5) is 10.5 Å². The number of halogens is 2. The van der Waals surface area contributed by atoms with Crippen LogP contribution in [0.1, 0.15) is 35.2 Å². The summed E-state index contributed by atoms with van der Waals surface area (Å²) in [5.74, 6) is 0.223. The molecule has 3 aromatic rings. The van der Waals surface area contributed by atoms with Crippen molar-refractivity contribution < 1.29 is 26.4 Å². The molecule has 1 aliphatic heterocycles. The average molecular weight is 627 g/mol. The number of rotatable bonds is 8. The van der Waals surface area contributed by atoms with Crippen LogP contribution in [0.3, 0.4) is 0 Å². The molecule has 9 nitrogen and oxygen atoms in total. The van der Waals surface area contributed by atoms with Gasteiger partial charge in [0, 0.05) is 18.8 Å². The number of methoxy groups -OCH3 is 1. The molecule has 3 aromatic carbocycles. The van der Waals surface area contributed by atoms with Crippen molar-refractivity contribution in [3.05, 3.63) is 86.9 Å². The molecule has 2 N–H and O–H groups in total. The second-order valence-corrected chi connectivity index (χ2v) is 14.3. The molecule has 0 aromatic heterocycles. The van der Waals surface area contributed by atoms with E-state index >= 15 is 0 Å². The van der Waals surface area contributed by atoms with Crippen molar-refractivity contribution in [2.75, 3.05) is 25.2 Å². The number of sulfone groups is 1. The summed E-state index contributed by atoms with van der Waals surface area (Å²) in [7, 11) is -5.47. The molecule has 1 unspecified atom stereocenters. The van der Waals surface area contributed by atoms with Crippen molar-refractivity contribution in [1.82, 2.24) is 9.62 Å². The fourth-order valence-corrected chi connectivity index (χ4v) is 7.18. The first-order valence-corrected chi connectivity index (χ1v) is 16.5. The van der Waals surface area contributed by atoms with Crippen LogP contribution < -0.4 is 15.4 Å². The lowest BCUT2D eigenvalue weighted by molar-refractivity contribution is 0.249. The van der Waals surface area contributed by atoms with Gasteiger partial charge in [0.2, 0.25) is 10.0 Å². The van der Waals surface area contributed by atoms with E-state index in [2.05, 4.69) is 10.6 Å². The molecule has 0 spiro atoms. The van der Waals surface area contributed by atoms with Crippen LogP contribution in [-0.2, 0) is 38.6 Å². The Morgan fingerprint density at radius 2 is 1.70 bits per heavy atom. The lowest BCUT2D eigenvalue weighted by Crippen LogP contribution is -2.35. The van der Waals surface area contributed by atoms with Crippen LogP contribution in [0.2, 0.25) is 10.0 Å².